The number of imidazole rings is 1. The van der Waals surface area contributed by atoms with Crippen LogP contribution in [0, 0.1) is 11.6 Å². The standard InChI is InChI=1S/C15H11F2N3O2/c16-9-2-1-8(11(17)5-9)7-22-10-3-4-12-13(6-10)20-15(19-12)14(18)21/h1-6H,7H2,(H2,18,21)(H,19,20). The molecule has 0 fully saturated rings. The normalized spacial score (nSPS) is 10.8. The number of amides is 1. The van der Waals surface area contributed by atoms with E-state index in [2.05, 4.69) is 9.97 Å². The first-order valence-corrected chi connectivity index (χ1v) is 6.39. The number of nitrogens with zero attached hydrogens (tertiary/aromatic N) is 1. The first kappa shape index (κ1) is 14.0. The Hall–Kier alpha value is -2.96. The Kier molecular flexibility index (Phi) is 3.46. The molecule has 7 heteroatoms. The van der Waals surface area contributed by atoms with Crippen LogP contribution in [0.4, 0.5) is 8.78 Å². The largest absolute Gasteiger partial charge is 0.489 e. The molecule has 0 atom stereocenters. The smallest absolute Gasteiger partial charge is 0.284 e. The Morgan fingerprint density at radius 1 is 1.23 bits per heavy atom. The van der Waals surface area contributed by atoms with Crippen LogP contribution in [0.1, 0.15) is 16.2 Å². The Balaban J connectivity index is 1.80. The van der Waals surface area contributed by atoms with Gasteiger partial charge < -0.3 is 15.5 Å². The third kappa shape index (κ3) is 2.73. The van der Waals surface area contributed by atoms with Crippen molar-refractivity contribution in [2.45, 2.75) is 6.61 Å². The summed E-state index contributed by atoms with van der Waals surface area (Å²) in [4.78, 5) is 17.8. The number of ether oxygens (including phenoxy) is 1. The zero-order chi connectivity index (χ0) is 15.7. The highest BCUT2D eigenvalue weighted by Gasteiger charge is 2.09. The maximum absolute atomic E-state index is 13.5. The number of halogens is 2. The van der Waals surface area contributed by atoms with Gasteiger partial charge in [-0.05, 0) is 24.3 Å². The Morgan fingerprint density at radius 2 is 2.05 bits per heavy atom. The second kappa shape index (κ2) is 5.44. The summed E-state index contributed by atoms with van der Waals surface area (Å²) < 4.78 is 31.8. The Morgan fingerprint density at radius 3 is 2.77 bits per heavy atom. The number of carbonyl (C=O) groups excluding carboxylic acids is 1. The van der Waals surface area contributed by atoms with E-state index in [0.29, 0.717) is 16.8 Å². The van der Waals surface area contributed by atoms with Crippen LogP contribution in [0.15, 0.2) is 36.4 Å². The van der Waals surface area contributed by atoms with Crippen LogP contribution in [0.3, 0.4) is 0 Å². The number of H-pyrrole nitrogens is 1. The average molecular weight is 303 g/mol. The molecule has 0 saturated carbocycles. The van der Waals surface area contributed by atoms with Crippen LogP contribution in [-0.2, 0) is 6.61 Å². The van der Waals surface area contributed by atoms with E-state index in [0.717, 1.165) is 12.1 Å². The van der Waals surface area contributed by atoms with Crippen molar-refractivity contribution in [1.29, 1.82) is 0 Å². The fourth-order valence-corrected chi connectivity index (χ4v) is 1.99. The second-order valence-corrected chi connectivity index (χ2v) is 4.65. The zero-order valence-electron chi connectivity index (χ0n) is 11.3. The number of nitrogens with two attached hydrogens (primary N) is 1. The zero-order valence-corrected chi connectivity index (χ0v) is 11.3. The van der Waals surface area contributed by atoms with E-state index in [1.807, 2.05) is 0 Å². The summed E-state index contributed by atoms with van der Waals surface area (Å²) in [5.41, 5.74) is 6.52. The van der Waals surface area contributed by atoms with Gasteiger partial charge in [-0.3, -0.25) is 4.79 Å². The summed E-state index contributed by atoms with van der Waals surface area (Å²) >= 11 is 0. The molecular formula is C15H11F2N3O2. The van der Waals surface area contributed by atoms with Gasteiger partial charge in [-0.15, -0.1) is 0 Å². The molecule has 22 heavy (non-hydrogen) atoms. The van der Waals surface area contributed by atoms with Crippen molar-refractivity contribution in [3.8, 4) is 5.75 Å². The molecule has 2 aromatic carbocycles. The summed E-state index contributed by atoms with van der Waals surface area (Å²) in [7, 11) is 0. The predicted molar refractivity (Wildman–Crippen MR) is 75.3 cm³/mol. The van der Waals surface area contributed by atoms with Crippen molar-refractivity contribution in [3.05, 3.63) is 59.4 Å². The molecule has 0 aliphatic heterocycles. The van der Waals surface area contributed by atoms with Crippen molar-refractivity contribution >= 4 is 16.9 Å². The number of hydrogen-bond acceptors (Lipinski definition) is 3. The minimum Gasteiger partial charge on any atom is -0.489 e. The lowest BCUT2D eigenvalue weighted by atomic mass is 10.2. The van der Waals surface area contributed by atoms with Crippen LogP contribution in [0.2, 0.25) is 0 Å². The lowest BCUT2D eigenvalue weighted by molar-refractivity contribution is 0.0991. The number of rotatable bonds is 4. The molecule has 1 aromatic heterocycles. The van der Waals surface area contributed by atoms with E-state index in [-0.39, 0.29) is 18.0 Å². The fraction of sp³-hybridized carbons (Fsp3) is 0.0667. The molecule has 1 heterocycles. The molecule has 3 N–H and O–H groups in total. The third-order valence-corrected chi connectivity index (χ3v) is 3.10. The van der Waals surface area contributed by atoms with Gasteiger partial charge in [-0.25, -0.2) is 13.8 Å². The van der Waals surface area contributed by atoms with E-state index in [1.165, 1.54) is 6.07 Å². The van der Waals surface area contributed by atoms with Crippen LogP contribution in [-0.4, -0.2) is 15.9 Å². The molecule has 1 amide bonds. The first-order chi connectivity index (χ1) is 10.5. The molecule has 0 bridgehead atoms. The molecule has 0 saturated heterocycles. The molecule has 0 radical (unpaired) electrons. The lowest BCUT2D eigenvalue weighted by Gasteiger charge is -2.07. The number of carbonyl (C=O) groups is 1. The van der Waals surface area contributed by atoms with Gasteiger partial charge in [0.05, 0.1) is 11.0 Å². The third-order valence-electron chi connectivity index (χ3n) is 3.10. The molecular weight excluding hydrogens is 292 g/mol. The van der Waals surface area contributed by atoms with Crippen LogP contribution < -0.4 is 10.5 Å². The van der Waals surface area contributed by atoms with E-state index in [4.69, 9.17) is 10.5 Å². The molecule has 0 aliphatic carbocycles. The molecule has 0 aliphatic rings. The van der Waals surface area contributed by atoms with E-state index < -0.39 is 17.5 Å². The summed E-state index contributed by atoms with van der Waals surface area (Å²) in [5, 5.41) is 0. The monoisotopic (exact) mass is 303 g/mol. The van der Waals surface area contributed by atoms with Crippen molar-refractivity contribution in [2.75, 3.05) is 0 Å². The highest BCUT2D eigenvalue weighted by molar-refractivity contribution is 5.93. The number of primary amides is 1. The maximum Gasteiger partial charge on any atom is 0.284 e. The summed E-state index contributed by atoms with van der Waals surface area (Å²) in [6.45, 7) is -0.0509. The molecule has 0 unspecified atom stereocenters. The van der Waals surface area contributed by atoms with Crippen LogP contribution in [0.5, 0.6) is 5.75 Å². The minimum absolute atomic E-state index is 0.0509. The van der Waals surface area contributed by atoms with Gasteiger partial charge in [0, 0.05) is 17.7 Å². The summed E-state index contributed by atoms with van der Waals surface area (Å²) in [6, 6.07) is 8.20. The van der Waals surface area contributed by atoms with E-state index in [9.17, 15) is 13.6 Å². The van der Waals surface area contributed by atoms with Crippen LogP contribution in [0.25, 0.3) is 11.0 Å². The van der Waals surface area contributed by atoms with Crippen molar-refractivity contribution in [3.63, 3.8) is 0 Å². The van der Waals surface area contributed by atoms with Gasteiger partial charge in [0.25, 0.3) is 5.91 Å². The van der Waals surface area contributed by atoms with Gasteiger partial charge in [0.2, 0.25) is 0 Å². The second-order valence-electron chi connectivity index (χ2n) is 4.65. The van der Waals surface area contributed by atoms with Crippen molar-refractivity contribution in [1.82, 2.24) is 9.97 Å². The Labute approximate surface area is 123 Å². The quantitative estimate of drug-likeness (QED) is 0.777. The number of fused-ring (bicyclic) bond motifs is 1. The average Bonchev–Trinajstić information content (AvgIpc) is 2.89. The molecule has 0 spiro atoms. The SMILES string of the molecule is NC(=O)c1nc2cc(OCc3ccc(F)cc3F)ccc2[nH]1. The Bertz CT molecular complexity index is 861. The fourth-order valence-electron chi connectivity index (χ4n) is 1.99. The predicted octanol–water partition coefficient (Wildman–Crippen LogP) is 2.52. The van der Waals surface area contributed by atoms with Crippen LogP contribution >= 0.6 is 0 Å². The highest BCUT2D eigenvalue weighted by Crippen LogP contribution is 2.20. The lowest BCUT2D eigenvalue weighted by Crippen LogP contribution is -2.12. The maximum atomic E-state index is 13.5. The molecule has 5 nitrogen and oxygen atoms in total. The topological polar surface area (TPSA) is 81.0 Å². The van der Waals surface area contributed by atoms with Crippen molar-refractivity contribution in [2.24, 2.45) is 5.73 Å². The number of nitrogens with one attached hydrogen (secondary N) is 1. The summed E-state index contributed by atoms with van der Waals surface area (Å²) in [6.07, 6.45) is 0. The van der Waals surface area contributed by atoms with E-state index >= 15 is 0 Å². The number of aromatic amines is 1. The van der Waals surface area contributed by atoms with Gasteiger partial charge in [0.15, 0.2) is 5.82 Å². The highest BCUT2D eigenvalue weighted by atomic mass is 19.1. The van der Waals surface area contributed by atoms with Gasteiger partial charge >= 0.3 is 0 Å². The van der Waals surface area contributed by atoms with E-state index in [1.54, 1.807) is 18.2 Å². The molecule has 3 aromatic rings. The first-order valence-electron chi connectivity index (χ1n) is 6.39. The minimum atomic E-state index is -0.670. The number of hydrogen-bond donors (Lipinski definition) is 2. The summed E-state index contributed by atoms with van der Waals surface area (Å²) in [5.74, 6) is -1.47. The molecule has 112 valence electrons. The number of benzene rings is 2. The number of aromatic nitrogens is 2. The van der Waals surface area contributed by atoms with Gasteiger partial charge in [0.1, 0.15) is 24.0 Å². The van der Waals surface area contributed by atoms with Gasteiger partial charge in [-0.2, -0.15) is 0 Å². The molecule has 3 rings (SSSR count). The van der Waals surface area contributed by atoms with Crippen molar-refractivity contribution < 1.29 is 18.3 Å². The van der Waals surface area contributed by atoms with Gasteiger partial charge in [-0.1, -0.05) is 0 Å².